The molecule has 42 heavy (non-hydrogen) atoms. The Balaban J connectivity index is 0.00000154. The summed E-state index contributed by atoms with van der Waals surface area (Å²) < 4.78 is 0. The summed E-state index contributed by atoms with van der Waals surface area (Å²) >= 11 is 0. The van der Waals surface area contributed by atoms with Crippen molar-refractivity contribution in [3.63, 3.8) is 0 Å². The molecule has 4 aromatic rings. The van der Waals surface area contributed by atoms with Gasteiger partial charge < -0.3 is 20.4 Å². The summed E-state index contributed by atoms with van der Waals surface area (Å²) in [5, 5.41) is 12.2. The van der Waals surface area contributed by atoms with Gasteiger partial charge in [-0.15, -0.1) is 49.6 Å². The molecule has 0 bridgehead atoms. The van der Waals surface area contributed by atoms with Gasteiger partial charge in [0.15, 0.2) is 0 Å². The minimum Gasteiger partial charge on any atom is -0.383 e. The Kier molecular flexibility index (Phi) is 14.6. The zero-order chi connectivity index (χ0) is 25.9. The van der Waals surface area contributed by atoms with Crippen LogP contribution in [0.5, 0.6) is 0 Å². The van der Waals surface area contributed by atoms with Crippen molar-refractivity contribution in [1.29, 1.82) is 0 Å². The number of benzene rings is 2. The van der Waals surface area contributed by atoms with Crippen molar-refractivity contribution in [1.82, 2.24) is 19.8 Å². The zero-order valence-corrected chi connectivity index (χ0v) is 28.1. The highest BCUT2D eigenvalue weighted by atomic mass is 35.5. The van der Waals surface area contributed by atoms with Gasteiger partial charge in [0.05, 0.1) is 11.0 Å². The van der Waals surface area contributed by atoms with Gasteiger partial charge in [0, 0.05) is 70.5 Å². The van der Waals surface area contributed by atoms with E-state index in [1.165, 1.54) is 97.6 Å². The summed E-state index contributed by atoms with van der Waals surface area (Å²) in [6.45, 7) is 13.2. The van der Waals surface area contributed by atoms with E-state index in [1.807, 2.05) is 0 Å². The molecule has 2 N–H and O–H groups in total. The van der Waals surface area contributed by atoms with E-state index in [4.69, 9.17) is 9.97 Å². The number of aromatic nitrogens is 2. The van der Waals surface area contributed by atoms with Crippen LogP contribution in [0, 0.1) is 13.8 Å². The van der Waals surface area contributed by atoms with Crippen LogP contribution in [0.2, 0.25) is 0 Å². The molecule has 6 nitrogen and oxygen atoms in total. The molecule has 2 aliphatic rings. The molecule has 10 heteroatoms. The van der Waals surface area contributed by atoms with Crippen LogP contribution in [0.3, 0.4) is 0 Å². The fourth-order valence-corrected chi connectivity index (χ4v) is 6.40. The Labute approximate surface area is 275 Å². The van der Waals surface area contributed by atoms with Gasteiger partial charge >= 0.3 is 0 Å². The molecule has 2 fully saturated rings. The van der Waals surface area contributed by atoms with Gasteiger partial charge in [0.25, 0.3) is 0 Å². The summed E-state index contributed by atoms with van der Waals surface area (Å²) in [5.41, 5.74) is 6.58. The van der Waals surface area contributed by atoms with E-state index in [0.717, 1.165) is 48.6 Å². The molecule has 0 aliphatic carbocycles. The number of fused-ring (bicyclic) bond motifs is 5. The Morgan fingerprint density at radius 2 is 0.905 bits per heavy atom. The van der Waals surface area contributed by atoms with Gasteiger partial charge in [-0.1, -0.05) is 37.1 Å². The molecule has 2 saturated heterocycles. The van der Waals surface area contributed by atoms with E-state index in [0.29, 0.717) is 0 Å². The lowest BCUT2D eigenvalue weighted by atomic mass is 10.0. The fraction of sp³-hybridized carbons (Fsp3) is 0.500. The number of rotatable bonds is 8. The van der Waals surface area contributed by atoms with Crippen LogP contribution in [-0.4, -0.2) is 72.1 Å². The number of hydrogen-bond acceptors (Lipinski definition) is 6. The highest BCUT2D eigenvalue weighted by molar-refractivity contribution is 6.18. The normalized spacial score (nSPS) is 15.8. The number of halogens is 4. The first kappa shape index (κ1) is 36.4. The van der Waals surface area contributed by atoms with Crippen molar-refractivity contribution >= 4 is 93.6 Å². The summed E-state index contributed by atoms with van der Waals surface area (Å²) in [6, 6.07) is 13.4. The molecule has 0 saturated carbocycles. The maximum atomic E-state index is 5.02. The highest BCUT2D eigenvalue weighted by Gasteiger charge is 2.15. The van der Waals surface area contributed by atoms with Crippen LogP contribution in [0.1, 0.15) is 49.9 Å². The summed E-state index contributed by atoms with van der Waals surface area (Å²) in [5.74, 6) is 0. The molecule has 0 atom stereocenters. The number of piperidine rings is 2. The number of nitrogens with one attached hydrogen (secondary N) is 2. The number of pyridine rings is 2. The Morgan fingerprint density at radius 3 is 1.29 bits per heavy atom. The van der Waals surface area contributed by atoms with Crippen molar-refractivity contribution < 1.29 is 0 Å². The van der Waals surface area contributed by atoms with E-state index in [-0.39, 0.29) is 49.6 Å². The number of likely N-dealkylation sites (tertiary alicyclic amines) is 2. The molecular formula is C32H46Cl4N6. The number of nitrogens with zero attached hydrogens (tertiary/aromatic N) is 4. The smallest absolute Gasteiger partial charge is 0.0805 e. The standard InChI is InChI=1S/C32H42N6.4ClH/c1-23-21-29(33-13-19-37-15-5-3-6-16-37)27-11-10-26-25(31(27)35-23)9-12-28-30(22-24(2)36-32(26)28)34-14-20-38-17-7-4-8-18-38;;;;/h9-12,21-22H,3-8,13-20H2,1-2H3,(H,33,35)(H,34,36);4*1H. The number of hydrogen-bond donors (Lipinski definition) is 2. The number of anilines is 2. The maximum absolute atomic E-state index is 5.02. The van der Waals surface area contributed by atoms with Gasteiger partial charge in [-0.2, -0.15) is 0 Å². The third-order valence-electron chi connectivity index (χ3n) is 8.39. The largest absolute Gasteiger partial charge is 0.383 e. The average Bonchev–Trinajstić information content (AvgIpc) is 2.93. The fourth-order valence-electron chi connectivity index (χ4n) is 6.40. The molecular weight excluding hydrogens is 610 g/mol. The molecule has 6 rings (SSSR count). The van der Waals surface area contributed by atoms with Crippen LogP contribution < -0.4 is 10.6 Å². The van der Waals surface area contributed by atoms with Gasteiger partial charge in [-0.05, 0) is 77.8 Å². The van der Waals surface area contributed by atoms with Gasteiger partial charge in [0.2, 0.25) is 0 Å². The lowest BCUT2D eigenvalue weighted by Gasteiger charge is -2.26. The topological polar surface area (TPSA) is 56.3 Å². The maximum Gasteiger partial charge on any atom is 0.0805 e. The first-order valence-electron chi connectivity index (χ1n) is 14.7. The van der Waals surface area contributed by atoms with E-state index in [1.54, 1.807) is 0 Å². The second-order valence-electron chi connectivity index (χ2n) is 11.3. The predicted octanol–water partition coefficient (Wildman–Crippen LogP) is 8.04. The van der Waals surface area contributed by atoms with Gasteiger partial charge in [-0.3, -0.25) is 9.97 Å². The van der Waals surface area contributed by atoms with E-state index in [9.17, 15) is 0 Å². The van der Waals surface area contributed by atoms with Crippen LogP contribution in [0.25, 0.3) is 32.6 Å². The van der Waals surface area contributed by atoms with Crippen molar-refractivity contribution in [2.75, 3.05) is 63.0 Å². The average molecular weight is 657 g/mol. The third kappa shape index (κ3) is 8.22. The van der Waals surface area contributed by atoms with Crippen LogP contribution in [-0.2, 0) is 0 Å². The monoisotopic (exact) mass is 654 g/mol. The Bertz CT molecular complexity index is 1330. The molecule has 0 unspecified atom stereocenters. The van der Waals surface area contributed by atoms with Gasteiger partial charge in [-0.25, -0.2) is 0 Å². The Morgan fingerprint density at radius 1 is 0.548 bits per heavy atom. The summed E-state index contributed by atoms with van der Waals surface area (Å²) in [6.07, 6.45) is 8.09. The van der Waals surface area contributed by atoms with Crippen molar-refractivity contribution in [3.05, 3.63) is 47.8 Å². The van der Waals surface area contributed by atoms with Crippen LogP contribution in [0.15, 0.2) is 36.4 Å². The molecule has 2 aromatic carbocycles. The lowest BCUT2D eigenvalue weighted by molar-refractivity contribution is 0.237. The van der Waals surface area contributed by atoms with Crippen LogP contribution in [0.4, 0.5) is 11.4 Å². The SMILES string of the molecule is Cc1cc(NCCN2CCCCC2)c2ccc3c(ccc4c(NCCN5CCCCC5)cc(C)nc43)c2n1.Cl.Cl.Cl.Cl. The minimum absolute atomic E-state index is 0. The first-order valence-corrected chi connectivity index (χ1v) is 14.7. The third-order valence-corrected chi connectivity index (χ3v) is 8.39. The molecule has 0 radical (unpaired) electrons. The predicted molar refractivity (Wildman–Crippen MR) is 191 cm³/mol. The molecule has 2 aliphatic heterocycles. The highest BCUT2D eigenvalue weighted by Crippen LogP contribution is 2.35. The molecule has 4 heterocycles. The molecule has 2 aromatic heterocycles. The molecule has 232 valence electrons. The first-order chi connectivity index (χ1) is 18.7. The number of aryl methyl sites for hydroxylation is 2. The zero-order valence-electron chi connectivity index (χ0n) is 24.8. The van der Waals surface area contributed by atoms with Crippen molar-refractivity contribution in [2.24, 2.45) is 0 Å². The molecule has 0 spiro atoms. The second-order valence-corrected chi connectivity index (χ2v) is 11.3. The van der Waals surface area contributed by atoms with E-state index < -0.39 is 0 Å². The second kappa shape index (κ2) is 16.9. The molecule has 0 amide bonds. The Hall–Kier alpha value is -1.80. The summed E-state index contributed by atoms with van der Waals surface area (Å²) in [4.78, 5) is 15.2. The summed E-state index contributed by atoms with van der Waals surface area (Å²) in [7, 11) is 0. The van der Waals surface area contributed by atoms with E-state index in [2.05, 4.69) is 70.7 Å². The minimum atomic E-state index is 0. The van der Waals surface area contributed by atoms with Crippen molar-refractivity contribution in [3.8, 4) is 0 Å². The quantitative estimate of drug-likeness (QED) is 0.187. The van der Waals surface area contributed by atoms with Gasteiger partial charge in [0.1, 0.15) is 0 Å². The lowest BCUT2D eigenvalue weighted by Crippen LogP contribution is -2.33. The van der Waals surface area contributed by atoms with Crippen LogP contribution >= 0.6 is 49.6 Å². The van der Waals surface area contributed by atoms with Crippen molar-refractivity contribution in [2.45, 2.75) is 52.4 Å². The van der Waals surface area contributed by atoms with E-state index >= 15 is 0 Å².